The van der Waals surface area contributed by atoms with Gasteiger partial charge >= 0.3 is 0 Å². The fourth-order valence-electron chi connectivity index (χ4n) is 3.11. The van der Waals surface area contributed by atoms with E-state index in [2.05, 4.69) is 28.0 Å². The summed E-state index contributed by atoms with van der Waals surface area (Å²) in [6, 6.07) is 10.3. The van der Waals surface area contributed by atoms with Crippen LogP contribution < -0.4 is 0 Å². The molecule has 4 heterocycles. The van der Waals surface area contributed by atoms with E-state index in [0.717, 1.165) is 41.1 Å². The number of likely N-dealkylation sites (tertiary alicyclic amines) is 1. The smallest absolute Gasteiger partial charge is 0.162 e. The fraction of sp³-hybridized carbons (Fsp3) is 0.294. The Labute approximate surface area is 123 Å². The quantitative estimate of drug-likeness (QED) is 0.718. The van der Waals surface area contributed by atoms with Crippen LogP contribution in [0.2, 0.25) is 0 Å². The van der Waals surface area contributed by atoms with Gasteiger partial charge in [-0.05, 0) is 44.6 Å². The van der Waals surface area contributed by atoms with Gasteiger partial charge in [-0.2, -0.15) is 0 Å². The third-order valence-electron chi connectivity index (χ3n) is 4.22. The van der Waals surface area contributed by atoms with Crippen molar-refractivity contribution < 1.29 is 4.42 Å². The zero-order valence-electron chi connectivity index (χ0n) is 12.0. The Morgan fingerprint density at radius 1 is 1.19 bits per heavy atom. The van der Waals surface area contributed by atoms with Crippen molar-refractivity contribution in [3.05, 3.63) is 48.5 Å². The lowest BCUT2D eigenvalue weighted by molar-refractivity contribution is 0.281. The SMILES string of the molecule is CN1CCC[C@@H]1c1cc2nccc(-c3ccccn3)c2o1. The molecule has 0 radical (unpaired) electrons. The molecule has 1 atom stereocenters. The lowest BCUT2D eigenvalue weighted by Gasteiger charge is -2.16. The molecule has 106 valence electrons. The van der Waals surface area contributed by atoms with Crippen molar-refractivity contribution in [3.8, 4) is 11.3 Å². The molecule has 21 heavy (non-hydrogen) atoms. The predicted molar refractivity (Wildman–Crippen MR) is 81.8 cm³/mol. The van der Waals surface area contributed by atoms with Gasteiger partial charge in [0, 0.05) is 24.0 Å². The van der Waals surface area contributed by atoms with E-state index in [1.807, 2.05) is 30.5 Å². The summed E-state index contributed by atoms with van der Waals surface area (Å²) >= 11 is 0. The Morgan fingerprint density at radius 3 is 2.90 bits per heavy atom. The summed E-state index contributed by atoms with van der Waals surface area (Å²) in [6.07, 6.45) is 5.99. The van der Waals surface area contributed by atoms with Gasteiger partial charge in [-0.15, -0.1) is 0 Å². The van der Waals surface area contributed by atoms with Crippen molar-refractivity contribution in [1.82, 2.24) is 14.9 Å². The first-order chi connectivity index (χ1) is 10.3. The minimum atomic E-state index is 0.371. The maximum absolute atomic E-state index is 6.16. The molecule has 1 aliphatic heterocycles. The van der Waals surface area contributed by atoms with Crippen LogP contribution in [0.1, 0.15) is 24.6 Å². The summed E-state index contributed by atoms with van der Waals surface area (Å²) in [7, 11) is 2.15. The van der Waals surface area contributed by atoms with Gasteiger partial charge in [0.05, 0.1) is 11.7 Å². The number of hydrogen-bond acceptors (Lipinski definition) is 4. The molecule has 0 amide bonds. The Balaban J connectivity index is 1.85. The Kier molecular flexibility index (Phi) is 2.97. The molecule has 1 saturated heterocycles. The van der Waals surface area contributed by atoms with Gasteiger partial charge in [0.15, 0.2) is 5.58 Å². The van der Waals surface area contributed by atoms with E-state index in [1.165, 1.54) is 6.42 Å². The highest BCUT2D eigenvalue weighted by atomic mass is 16.3. The normalized spacial score (nSPS) is 19.4. The van der Waals surface area contributed by atoms with E-state index >= 15 is 0 Å². The summed E-state index contributed by atoms with van der Waals surface area (Å²) in [5.74, 6) is 1.01. The van der Waals surface area contributed by atoms with E-state index in [1.54, 1.807) is 6.20 Å². The second kappa shape index (κ2) is 4.97. The van der Waals surface area contributed by atoms with Crippen molar-refractivity contribution in [2.75, 3.05) is 13.6 Å². The van der Waals surface area contributed by atoms with Crippen LogP contribution in [-0.4, -0.2) is 28.5 Å². The van der Waals surface area contributed by atoms with Crippen LogP contribution in [0.4, 0.5) is 0 Å². The van der Waals surface area contributed by atoms with E-state index in [4.69, 9.17) is 4.42 Å². The Bertz CT molecular complexity index is 766. The second-order valence-electron chi connectivity index (χ2n) is 5.58. The Hall–Kier alpha value is -2.20. The third-order valence-corrected chi connectivity index (χ3v) is 4.22. The lowest BCUT2D eigenvalue weighted by Crippen LogP contribution is -2.16. The van der Waals surface area contributed by atoms with E-state index < -0.39 is 0 Å². The van der Waals surface area contributed by atoms with Crippen LogP contribution >= 0.6 is 0 Å². The molecule has 0 aliphatic carbocycles. The molecule has 1 fully saturated rings. The topological polar surface area (TPSA) is 42.2 Å². The molecule has 0 saturated carbocycles. The predicted octanol–water partition coefficient (Wildman–Crippen LogP) is 3.66. The van der Waals surface area contributed by atoms with Gasteiger partial charge < -0.3 is 4.42 Å². The van der Waals surface area contributed by atoms with Crippen LogP contribution in [0, 0.1) is 0 Å². The molecule has 3 aromatic rings. The summed E-state index contributed by atoms with van der Waals surface area (Å²) < 4.78 is 6.16. The van der Waals surface area contributed by atoms with Crippen molar-refractivity contribution in [2.24, 2.45) is 0 Å². The number of rotatable bonds is 2. The monoisotopic (exact) mass is 279 g/mol. The molecular weight excluding hydrogens is 262 g/mol. The van der Waals surface area contributed by atoms with Crippen molar-refractivity contribution in [3.63, 3.8) is 0 Å². The summed E-state index contributed by atoms with van der Waals surface area (Å²) in [5, 5.41) is 0. The minimum Gasteiger partial charge on any atom is -0.457 e. The van der Waals surface area contributed by atoms with Crippen LogP contribution in [0.5, 0.6) is 0 Å². The zero-order valence-corrected chi connectivity index (χ0v) is 12.0. The average molecular weight is 279 g/mol. The molecule has 3 aromatic heterocycles. The lowest BCUT2D eigenvalue weighted by atomic mass is 10.1. The van der Waals surface area contributed by atoms with Gasteiger partial charge in [-0.1, -0.05) is 6.07 Å². The third kappa shape index (κ3) is 2.12. The highest BCUT2D eigenvalue weighted by Gasteiger charge is 2.26. The molecule has 4 heteroatoms. The van der Waals surface area contributed by atoms with Gasteiger partial charge in [-0.25, -0.2) is 0 Å². The van der Waals surface area contributed by atoms with Gasteiger partial charge in [0.2, 0.25) is 0 Å². The van der Waals surface area contributed by atoms with Crippen LogP contribution in [0.25, 0.3) is 22.4 Å². The first-order valence-corrected chi connectivity index (χ1v) is 7.33. The molecule has 0 unspecified atom stereocenters. The highest BCUT2D eigenvalue weighted by Crippen LogP contribution is 2.36. The number of nitrogens with zero attached hydrogens (tertiary/aromatic N) is 3. The minimum absolute atomic E-state index is 0.371. The largest absolute Gasteiger partial charge is 0.457 e. The van der Waals surface area contributed by atoms with E-state index in [-0.39, 0.29) is 0 Å². The number of aromatic nitrogens is 2. The summed E-state index contributed by atoms with van der Waals surface area (Å²) in [6.45, 7) is 1.13. The van der Waals surface area contributed by atoms with Gasteiger partial charge in [-0.3, -0.25) is 14.9 Å². The average Bonchev–Trinajstić information content (AvgIpc) is 3.13. The number of hydrogen-bond donors (Lipinski definition) is 0. The summed E-state index contributed by atoms with van der Waals surface area (Å²) in [4.78, 5) is 11.2. The van der Waals surface area contributed by atoms with Crippen LogP contribution in [-0.2, 0) is 0 Å². The first kappa shape index (κ1) is 12.5. The number of furan rings is 1. The van der Waals surface area contributed by atoms with Crippen molar-refractivity contribution in [2.45, 2.75) is 18.9 Å². The molecule has 0 aromatic carbocycles. The maximum atomic E-state index is 6.16. The molecule has 0 spiro atoms. The molecule has 1 aliphatic rings. The molecule has 4 nitrogen and oxygen atoms in total. The Morgan fingerprint density at radius 2 is 2.14 bits per heavy atom. The van der Waals surface area contributed by atoms with Gasteiger partial charge in [0.1, 0.15) is 11.3 Å². The standard InChI is InChI=1S/C17H17N3O/c1-20-10-4-6-15(20)16-11-14-17(21-16)12(7-9-19-14)13-5-2-3-8-18-13/h2-3,5,7-9,11,15H,4,6,10H2,1H3/t15-/m1/s1. The fourth-order valence-corrected chi connectivity index (χ4v) is 3.11. The zero-order chi connectivity index (χ0) is 14.2. The highest BCUT2D eigenvalue weighted by molar-refractivity contribution is 5.89. The molecule has 0 bridgehead atoms. The first-order valence-electron chi connectivity index (χ1n) is 7.33. The number of pyridine rings is 2. The molecular formula is C17H17N3O. The van der Waals surface area contributed by atoms with E-state index in [9.17, 15) is 0 Å². The van der Waals surface area contributed by atoms with Crippen molar-refractivity contribution in [1.29, 1.82) is 0 Å². The maximum Gasteiger partial charge on any atom is 0.162 e. The van der Waals surface area contributed by atoms with Crippen LogP contribution in [0.3, 0.4) is 0 Å². The van der Waals surface area contributed by atoms with Crippen LogP contribution in [0.15, 0.2) is 47.1 Å². The number of fused-ring (bicyclic) bond motifs is 1. The molecule has 4 rings (SSSR count). The molecule has 0 N–H and O–H groups in total. The summed E-state index contributed by atoms with van der Waals surface area (Å²) in [5.41, 5.74) is 3.68. The van der Waals surface area contributed by atoms with Crippen molar-refractivity contribution >= 4 is 11.1 Å². The second-order valence-corrected chi connectivity index (χ2v) is 5.58. The van der Waals surface area contributed by atoms with E-state index in [0.29, 0.717) is 6.04 Å². The van der Waals surface area contributed by atoms with Gasteiger partial charge in [0.25, 0.3) is 0 Å².